The van der Waals surface area contributed by atoms with Crippen LogP contribution in [-0.2, 0) is 16.0 Å². The lowest BCUT2D eigenvalue weighted by Gasteiger charge is -2.07. The summed E-state index contributed by atoms with van der Waals surface area (Å²) in [5, 5.41) is 6.81. The minimum Gasteiger partial charge on any atom is -0.423 e. The molecule has 4 aromatic rings. The molecule has 4 aromatic carbocycles. The van der Waals surface area contributed by atoms with Crippen molar-refractivity contribution < 1.29 is 19.1 Å². The maximum absolute atomic E-state index is 12.5. The van der Waals surface area contributed by atoms with Gasteiger partial charge < -0.3 is 10.1 Å². The molecule has 38 heavy (non-hydrogen) atoms. The van der Waals surface area contributed by atoms with Gasteiger partial charge in [-0.15, -0.1) is 0 Å². The first-order chi connectivity index (χ1) is 18.6. The third kappa shape index (κ3) is 7.86. The highest BCUT2D eigenvalue weighted by Crippen LogP contribution is 2.17. The lowest BCUT2D eigenvalue weighted by Crippen LogP contribution is -2.18. The highest BCUT2D eigenvalue weighted by atomic mass is 16.5. The number of nitrogens with one attached hydrogen (secondary N) is 2. The predicted molar refractivity (Wildman–Crippen MR) is 148 cm³/mol. The van der Waals surface area contributed by atoms with Gasteiger partial charge in [-0.25, -0.2) is 10.2 Å². The van der Waals surface area contributed by atoms with E-state index >= 15 is 0 Å². The Balaban J connectivity index is 1.30. The zero-order valence-corrected chi connectivity index (χ0v) is 20.4. The van der Waals surface area contributed by atoms with Crippen LogP contribution >= 0.6 is 0 Å². The molecule has 0 atom stereocenters. The van der Waals surface area contributed by atoms with E-state index in [0.29, 0.717) is 22.6 Å². The molecular formula is C31H25N3O4. The zero-order chi connectivity index (χ0) is 26.6. The van der Waals surface area contributed by atoms with Crippen molar-refractivity contribution in [1.82, 2.24) is 5.43 Å². The van der Waals surface area contributed by atoms with Crippen LogP contribution in [0.5, 0.6) is 5.75 Å². The number of ether oxygens (including phenoxy) is 1. The van der Waals surface area contributed by atoms with E-state index in [4.69, 9.17) is 4.74 Å². The summed E-state index contributed by atoms with van der Waals surface area (Å²) in [7, 11) is 0. The first-order valence-electron chi connectivity index (χ1n) is 11.9. The maximum atomic E-state index is 12.5. The van der Waals surface area contributed by atoms with E-state index in [2.05, 4.69) is 15.8 Å². The quantitative estimate of drug-likeness (QED) is 0.107. The van der Waals surface area contributed by atoms with Crippen molar-refractivity contribution in [2.24, 2.45) is 5.10 Å². The van der Waals surface area contributed by atoms with Crippen molar-refractivity contribution in [3.63, 3.8) is 0 Å². The summed E-state index contributed by atoms with van der Waals surface area (Å²) < 4.78 is 5.43. The lowest BCUT2D eigenvalue weighted by molar-refractivity contribution is -0.128. The molecule has 188 valence electrons. The summed E-state index contributed by atoms with van der Waals surface area (Å²) in [6.45, 7) is 0. The molecule has 2 amide bonds. The fraction of sp³-hybridized carbons (Fsp3) is 0.0323. The number of carbonyl (C=O) groups excluding carboxylic acids is 3. The number of nitrogens with zero attached hydrogens (tertiary/aromatic N) is 1. The van der Waals surface area contributed by atoms with E-state index in [1.54, 1.807) is 54.6 Å². The van der Waals surface area contributed by atoms with Gasteiger partial charge in [-0.05, 0) is 53.6 Å². The fourth-order valence-electron chi connectivity index (χ4n) is 3.47. The number of rotatable bonds is 9. The monoisotopic (exact) mass is 503 g/mol. The Labute approximate surface area is 220 Å². The highest BCUT2D eigenvalue weighted by Gasteiger charge is 2.08. The molecule has 0 unspecified atom stereocenters. The summed E-state index contributed by atoms with van der Waals surface area (Å²) in [6, 6.07) is 32.2. The lowest BCUT2D eigenvalue weighted by atomic mass is 10.1. The van der Waals surface area contributed by atoms with Gasteiger partial charge in [0.15, 0.2) is 0 Å². The standard InChI is InChI=1S/C31H25N3O4/c35-29(21-24-11-5-2-6-12-24)33-27-18-16-25(17-19-27)31(37)34-32-22-26-13-7-8-14-28(26)38-30(36)20-15-23-9-3-1-4-10-23/h1-20,22H,21H2,(H,33,35)(H,34,37)/b20-15+,32-22-. The molecule has 0 aromatic heterocycles. The summed E-state index contributed by atoms with van der Waals surface area (Å²) >= 11 is 0. The van der Waals surface area contributed by atoms with E-state index in [-0.39, 0.29) is 12.3 Å². The molecule has 7 nitrogen and oxygen atoms in total. The summed E-state index contributed by atoms with van der Waals surface area (Å²) in [4.78, 5) is 37.0. The molecule has 0 aliphatic carbocycles. The van der Waals surface area contributed by atoms with Gasteiger partial charge in [0, 0.05) is 22.9 Å². The largest absolute Gasteiger partial charge is 0.423 e. The molecule has 4 rings (SSSR count). The van der Waals surface area contributed by atoms with Crippen LogP contribution < -0.4 is 15.5 Å². The second-order valence-corrected chi connectivity index (χ2v) is 8.19. The van der Waals surface area contributed by atoms with Gasteiger partial charge >= 0.3 is 5.97 Å². The fourth-order valence-corrected chi connectivity index (χ4v) is 3.47. The SMILES string of the molecule is O=C(Cc1ccccc1)Nc1ccc(C(=O)N/N=C\c2ccccc2OC(=O)/C=C/c2ccccc2)cc1. The number of carbonyl (C=O) groups is 3. The van der Waals surface area contributed by atoms with Crippen molar-refractivity contribution in [2.45, 2.75) is 6.42 Å². The number of amides is 2. The molecule has 0 heterocycles. The van der Waals surface area contributed by atoms with Crippen molar-refractivity contribution >= 4 is 35.8 Å². The maximum Gasteiger partial charge on any atom is 0.336 e. The number of hydrogen-bond donors (Lipinski definition) is 2. The van der Waals surface area contributed by atoms with Crippen molar-refractivity contribution in [1.29, 1.82) is 0 Å². The van der Waals surface area contributed by atoms with Crippen molar-refractivity contribution in [3.8, 4) is 5.75 Å². The Hall–Kier alpha value is -5.30. The van der Waals surface area contributed by atoms with E-state index in [1.807, 2.05) is 60.7 Å². The topological polar surface area (TPSA) is 96.9 Å². The number of esters is 1. The van der Waals surface area contributed by atoms with Gasteiger partial charge in [-0.1, -0.05) is 72.8 Å². The van der Waals surface area contributed by atoms with Gasteiger partial charge in [-0.2, -0.15) is 5.10 Å². The van der Waals surface area contributed by atoms with E-state index in [0.717, 1.165) is 11.1 Å². The zero-order valence-electron chi connectivity index (χ0n) is 20.4. The number of benzene rings is 4. The van der Waals surface area contributed by atoms with Gasteiger partial charge in [0.2, 0.25) is 5.91 Å². The van der Waals surface area contributed by atoms with Crippen LogP contribution in [0.25, 0.3) is 6.08 Å². The molecule has 0 fully saturated rings. The molecule has 0 saturated carbocycles. The second kappa shape index (κ2) is 13.1. The van der Waals surface area contributed by atoms with Gasteiger partial charge in [-0.3, -0.25) is 9.59 Å². The minimum absolute atomic E-state index is 0.145. The first-order valence-corrected chi connectivity index (χ1v) is 11.9. The Bertz CT molecular complexity index is 1450. The summed E-state index contributed by atoms with van der Waals surface area (Å²) in [6.07, 6.45) is 4.68. The van der Waals surface area contributed by atoms with E-state index in [1.165, 1.54) is 12.3 Å². The van der Waals surface area contributed by atoms with Crippen LogP contribution in [-0.4, -0.2) is 24.0 Å². The molecule has 0 spiro atoms. The molecule has 0 bridgehead atoms. The Morgan fingerprint density at radius 1 is 0.763 bits per heavy atom. The Morgan fingerprint density at radius 2 is 1.42 bits per heavy atom. The summed E-state index contributed by atoms with van der Waals surface area (Å²) in [5.74, 6) is -0.796. The van der Waals surface area contributed by atoms with Crippen LogP contribution in [0.4, 0.5) is 5.69 Å². The average Bonchev–Trinajstić information content (AvgIpc) is 2.94. The average molecular weight is 504 g/mol. The van der Waals surface area contributed by atoms with Gasteiger partial charge in [0.05, 0.1) is 12.6 Å². The smallest absolute Gasteiger partial charge is 0.336 e. The minimum atomic E-state index is -0.533. The second-order valence-electron chi connectivity index (χ2n) is 8.19. The third-order valence-electron chi connectivity index (χ3n) is 5.35. The van der Waals surface area contributed by atoms with Gasteiger partial charge in [0.25, 0.3) is 5.91 Å². The van der Waals surface area contributed by atoms with E-state index in [9.17, 15) is 14.4 Å². The number of para-hydroxylation sites is 1. The summed E-state index contributed by atoms with van der Waals surface area (Å²) in [5.41, 5.74) is 5.73. The number of anilines is 1. The number of hydrogen-bond acceptors (Lipinski definition) is 5. The molecule has 0 aliphatic heterocycles. The van der Waals surface area contributed by atoms with Crippen LogP contribution in [0, 0.1) is 0 Å². The van der Waals surface area contributed by atoms with Crippen LogP contribution in [0.1, 0.15) is 27.0 Å². The van der Waals surface area contributed by atoms with E-state index < -0.39 is 11.9 Å². The van der Waals surface area contributed by atoms with Crippen molar-refractivity contribution in [2.75, 3.05) is 5.32 Å². The highest BCUT2D eigenvalue weighted by molar-refractivity contribution is 5.97. The van der Waals surface area contributed by atoms with Gasteiger partial charge in [0.1, 0.15) is 5.75 Å². The first kappa shape index (κ1) is 25.8. The Kier molecular flexibility index (Phi) is 8.91. The predicted octanol–water partition coefficient (Wildman–Crippen LogP) is 5.25. The van der Waals surface area contributed by atoms with Crippen LogP contribution in [0.3, 0.4) is 0 Å². The third-order valence-corrected chi connectivity index (χ3v) is 5.35. The molecule has 7 heteroatoms. The molecule has 0 radical (unpaired) electrons. The molecule has 0 saturated heterocycles. The molecule has 2 N–H and O–H groups in total. The Morgan fingerprint density at radius 3 is 2.16 bits per heavy atom. The van der Waals surface area contributed by atoms with Crippen LogP contribution in [0.15, 0.2) is 120 Å². The number of hydrazone groups is 1. The molecule has 0 aliphatic rings. The molecular weight excluding hydrogens is 478 g/mol. The van der Waals surface area contributed by atoms with Crippen LogP contribution in [0.2, 0.25) is 0 Å². The normalized spacial score (nSPS) is 10.8. The van der Waals surface area contributed by atoms with Crippen molar-refractivity contribution in [3.05, 3.63) is 138 Å².